The molecule has 1 heterocycles. The van der Waals surface area contributed by atoms with E-state index in [4.69, 9.17) is 5.21 Å². The standard InChI is InChI=1S/C6H10N2O3/c1-7-6(10)4-2-3-5(9)8(4)11/h4,11H,2-3H2,1H3,(H,7,10). The fourth-order valence-corrected chi connectivity index (χ4v) is 1.08. The minimum Gasteiger partial charge on any atom is -0.357 e. The third-order valence-corrected chi connectivity index (χ3v) is 1.73. The molecule has 5 heteroatoms. The fourth-order valence-electron chi connectivity index (χ4n) is 1.08. The van der Waals surface area contributed by atoms with Crippen LogP contribution in [-0.4, -0.2) is 35.2 Å². The van der Waals surface area contributed by atoms with Crippen molar-refractivity contribution >= 4 is 11.8 Å². The summed E-state index contributed by atoms with van der Waals surface area (Å²) in [5, 5.41) is 11.8. The normalized spacial score (nSPS) is 24.0. The first kappa shape index (κ1) is 8.00. The van der Waals surface area contributed by atoms with Crippen molar-refractivity contribution < 1.29 is 14.8 Å². The van der Waals surface area contributed by atoms with Gasteiger partial charge in [0.2, 0.25) is 11.8 Å². The lowest BCUT2D eigenvalue weighted by Crippen LogP contribution is -2.41. The minimum atomic E-state index is -0.688. The Kier molecular flexibility index (Phi) is 2.09. The Hall–Kier alpha value is -1.10. The first-order chi connectivity index (χ1) is 5.16. The van der Waals surface area contributed by atoms with E-state index in [0.717, 1.165) is 0 Å². The van der Waals surface area contributed by atoms with Gasteiger partial charge in [-0.2, -0.15) is 0 Å². The van der Waals surface area contributed by atoms with Crippen LogP contribution in [-0.2, 0) is 9.59 Å². The van der Waals surface area contributed by atoms with Crippen LogP contribution >= 0.6 is 0 Å². The lowest BCUT2D eigenvalue weighted by Gasteiger charge is -2.14. The van der Waals surface area contributed by atoms with Crippen molar-refractivity contribution in [2.24, 2.45) is 0 Å². The second kappa shape index (κ2) is 2.87. The van der Waals surface area contributed by atoms with Crippen LogP contribution in [0.5, 0.6) is 0 Å². The molecule has 5 nitrogen and oxygen atoms in total. The van der Waals surface area contributed by atoms with Crippen LogP contribution in [0.1, 0.15) is 12.8 Å². The second-order valence-electron chi connectivity index (χ2n) is 2.41. The van der Waals surface area contributed by atoms with Crippen LogP contribution in [0.15, 0.2) is 0 Å². The lowest BCUT2D eigenvalue weighted by molar-refractivity contribution is -0.169. The third-order valence-electron chi connectivity index (χ3n) is 1.73. The van der Waals surface area contributed by atoms with Crippen LogP contribution < -0.4 is 5.32 Å². The van der Waals surface area contributed by atoms with Gasteiger partial charge >= 0.3 is 0 Å². The predicted octanol–water partition coefficient (Wildman–Crippen LogP) is -0.887. The van der Waals surface area contributed by atoms with Gasteiger partial charge < -0.3 is 5.32 Å². The van der Waals surface area contributed by atoms with Gasteiger partial charge in [-0.15, -0.1) is 0 Å². The number of carbonyl (C=O) groups is 2. The summed E-state index contributed by atoms with van der Waals surface area (Å²) >= 11 is 0. The van der Waals surface area contributed by atoms with Crippen molar-refractivity contribution in [3.8, 4) is 0 Å². The molecular weight excluding hydrogens is 148 g/mol. The molecule has 1 saturated heterocycles. The number of hydrogen-bond acceptors (Lipinski definition) is 3. The molecule has 0 bridgehead atoms. The Labute approximate surface area is 63.9 Å². The van der Waals surface area contributed by atoms with Gasteiger partial charge in [0.1, 0.15) is 6.04 Å². The number of amides is 2. The molecule has 0 spiro atoms. The minimum absolute atomic E-state index is 0.245. The van der Waals surface area contributed by atoms with E-state index < -0.39 is 11.9 Å². The number of nitrogens with one attached hydrogen (secondary N) is 1. The summed E-state index contributed by atoms with van der Waals surface area (Å²) in [4.78, 5) is 21.6. The Morgan fingerprint density at radius 3 is 2.82 bits per heavy atom. The maximum absolute atomic E-state index is 10.9. The summed E-state index contributed by atoms with van der Waals surface area (Å²) in [5.41, 5.74) is 0. The SMILES string of the molecule is CNC(=O)C1CCC(=O)N1O. The van der Waals surface area contributed by atoms with Gasteiger partial charge in [0, 0.05) is 13.5 Å². The monoisotopic (exact) mass is 158 g/mol. The van der Waals surface area contributed by atoms with Gasteiger partial charge in [-0.1, -0.05) is 0 Å². The zero-order valence-corrected chi connectivity index (χ0v) is 6.20. The molecule has 0 aromatic carbocycles. The zero-order chi connectivity index (χ0) is 8.43. The maximum atomic E-state index is 10.9. The van der Waals surface area contributed by atoms with Gasteiger partial charge in [-0.3, -0.25) is 14.8 Å². The molecule has 11 heavy (non-hydrogen) atoms. The molecule has 0 aliphatic carbocycles. The molecule has 62 valence electrons. The molecule has 0 aromatic heterocycles. The lowest BCUT2D eigenvalue weighted by atomic mass is 10.2. The van der Waals surface area contributed by atoms with E-state index in [2.05, 4.69) is 5.32 Å². The molecule has 2 amide bonds. The molecule has 1 unspecified atom stereocenters. The van der Waals surface area contributed by atoms with Crippen molar-refractivity contribution in [1.82, 2.24) is 10.4 Å². The predicted molar refractivity (Wildman–Crippen MR) is 35.7 cm³/mol. The van der Waals surface area contributed by atoms with Crippen molar-refractivity contribution in [2.45, 2.75) is 18.9 Å². The van der Waals surface area contributed by atoms with Gasteiger partial charge in [-0.25, -0.2) is 5.06 Å². The van der Waals surface area contributed by atoms with Crippen molar-refractivity contribution in [3.63, 3.8) is 0 Å². The summed E-state index contributed by atoms with van der Waals surface area (Å²) in [5.74, 6) is -0.711. The zero-order valence-electron chi connectivity index (χ0n) is 6.20. The van der Waals surface area contributed by atoms with Crippen LogP contribution in [0.3, 0.4) is 0 Å². The smallest absolute Gasteiger partial charge is 0.246 e. The number of likely N-dealkylation sites (N-methyl/N-ethyl adjacent to an activating group) is 1. The Balaban J connectivity index is 2.61. The third kappa shape index (κ3) is 1.32. The van der Waals surface area contributed by atoms with Crippen LogP contribution in [0.2, 0.25) is 0 Å². The van der Waals surface area contributed by atoms with Gasteiger partial charge in [0.05, 0.1) is 0 Å². The van der Waals surface area contributed by atoms with E-state index in [0.29, 0.717) is 11.5 Å². The van der Waals surface area contributed by atoms with Gasteiger partial charge in [0.25, 0.3) is 0 Å². The number of carbonyl (C=O) groups excluding carboxylic acids is 2. The maximum Gasteiger partial charge on any atom is 0.246 e. The van der Waals surface area contributed by atoms with E-state index in [1.54, 1.807) is 0 Å². The summed E-state index contributed by atoms with van der Waals surface area (Å²) in [6, 6.07) is -0.688. The molecule has 0 aromatic rings. The molecule has 1 atom stereocenters. The quantitative estimate of drug-likeness (QED) is 0.486. The second-order valence-corrected chi connectivity index (χ2v) is 2.41. The average Bonchev–Trinajstić information content (AvgIpc) is 2.32. The molecule has 0 saturated carbocycles. The Morgan fingerprint density at radius 2 is 2.45 bits per heavy atom. The molecule has 1 aliphatic heterocycles. The van der Waals surface area contributed by atoms with E-state index in [9.17, 15) is 9.59 Å². The first-order valence-electron chi connectivity index (χ1n) is 3.39. The number of rotatable bonds is 1. The summed E-state index contributed by atoms with van der Waals surface area (Å²) in [7, 11) is 1.47. The highest BCUT2D eigenvalue weighted by Crippen LogP contribution is 2.15. The molecule has 1 aliphatic rings. The van der Waals surface area contributed by atoms with Crippen molar-refractivity contribution in [3.05, 3.63) is 0 Å². The Morgan fingerprint density at radius 1 is 1.82 bits per heavy atom. The Bertz CT molecular complexity index is 192. The largest absolute Gasteiger partial charge is 0.357 e. The fraction of sp³-hybridized carbons (Fsp3) is 0.667. The van der Waals surface area contributed by atoms with Crippen LogP contribution in [0.4, 0.5) is 0 Å². The highest BCUT2D eigenvalue weighted by atomic mass is 16.5. The summed E-state index contributed by atoms with van der Waals surface area (Å²) in [6.07, 6.45) is 0.642. The molecular formula is C6H10N2O3. The first-order valence-corrected chi connectivity index (χ1v) is 3.39. The highest BCUT2D eigenvalue weighted by Gasteiger charge is 2.34. The summed E-state index contributed by atoms with van der Waals surface area (Å²) in [6.45, 7) is 0. The van der Waals surface area contributed by atoms with Crippen LogP contribution in [0.25, 0.3) is 0 Å². The van der Waals surface area contributed by atoms with Crippen molar-refractivity contribution in [2.75, 3.05) is 7.05 Å². The number of nitrogens with zero attached hydrogens (tertiary/aromatic N) is 1. The average molecular weight is 158 g/mol. The molecule has 1 fully saturated rings. The van der Waals surface area contributed by atoms with Gasteiger partial charge in [0.15, 0.2) is 0 Å². The van der Waals surface area contributed by atoms with E-state index in [-0.39, 0.29) is 12.3 Å². The summed E-state index contributed by atoms with van der Waals surface area (Å²) < 4.78 is 0. The molecule has 0 radical (unpaired) electrons. The van der Waals surface area contributed by atoms with E-state index in [1.807, 2.05) is 0 Å². The topological polar surface area (TPSA) is 69.6 Å². The number of hydrogen-bond donors (Lipinski definition) is 2. The van der Waals surface area contributed by atoms with Gasteiger partial charge in [-0.05, 0) is 6.42 Å². The molecule has 2 N–H and O–H groups in total. The van der Waals surface area contributed by atoms with Crippen LogP contribution in [0, 0.1) is 0 Å². The highest BCUT2D eigenvalue weighted by molar-refractivity contribution is 5.89. The van der Waals surface area contributed by atoms with E-state index >= 15 is 0 Å². The molecule has 1 rings (SSSR count). The van der Waals surface area contributed by atoms with Crippen molar-refractivity contribution in [1.29, 1.82) is 0 Å². The van der Waals surface area contributed by atoms with E-state index in [1.165, 1.54) is 7.05 Å². The number of hydroxylamine groups is 2.